The molecule has 4 N–H and O–H groups in total. The number of nitrogen functional groups attached to an aromatic ring is 1. The number of methoxy groups -OCH3 is 2. The third-order valence-corrected chi connectivity index (χ3v) is 5.92. The number of fused-ring (bicyclic) bond motifs is 1. The molecule has 0 saturated heterocycles. The van der Waals surface area contributed by atoms with Crippen molar-refractivity contribution in [2.24, 2.45) is 0 Å². The average molecular weight is 507 g/mol. The van der Waals surface area contributed by atoms with Gasteiger partial charge in [-0.3, -0.25) is 9.78 Å². The van der Waals surface area contributed by atoms with E-state index in [4.69, 9.17) is 15.2 Å². The summed E-state index contributed by atoms with van der Waals surface area (Å²) in [5, 5.41) is 13.4. The highest BCUT2D eigenvalue weighted by Crippen LogP contribution is 2.42. The fraction of sp³-hybridized carbons (Fsp3) is 0.148. The summed E-state index contributed by atoms with van der Waals surface area (Å²) in [6.45, 7) is 0. The second kappa shape index (κ2) is 10.5. The van der Waals surface area contributed by atoms with Gasteiger partial charge in [-0.25, -0.2) is 13.6 Å². The van der Waals surface area contributed by atoms with Crippen molar-refractivity contribution in [1.82, 2.24) is 10.3 Å². The molecule has 10 heteroatoms. The average Bonchev–Trinajstić information content (AvgIpc) is 2.87. The first-order chi connectivity index (χ1) is 17.7. The van der Waals surface area contributed by atoms with Crippen molar-refractivity contribution in [3.05, 3.63) is 83.7 Å². The van der Waals surface area contributed by atoms with Gasteiger partial charge >= 0.3 is 5.97 Å². The van der Waals surface area contributed by atoms with E-state index in [0.29, 0.717) is 33.4 Å². The van der Waals surface area contributed by atoms with Crippen LogP contribution in [0.4, 0.5) is 14.5 Å². The molecule has 3 aromatic carbocycles. The van der Waals surface area contributed by atoms with Crippen LogP contribution < -0.4 is 20.5 Å². The van der Waals surface area contributed by atoms with Gasteiger partial charge in [0.05, 0.1) is 19.8 Å². The Morgan fingerprint density at radius 1 is 1.03 bits per heavy atom. The number of ether oxygens (including phenoxy) is 2. The molecule has 0 unspecified atom stereocenters. The number of rotatable bonds is 8. The van der Waals surface area contributed by atoms with Gasteiger partial charge in [0.15, 0.2) is 0 Å². The Morgan fingerprint density at radius 3 is 2.27 bits per heavy atom. The first-order valence-corrected chi connectivity index (χ1v) is 11.1. The molecule has 0 radical (unpaired) electrons. The number of nitrogens with two attached hydrogens (primary N) is 1. The number of aromatic nitrogens is 1. The maximum Gasteiger partial charge on any atom is 0.326 e. The predicted octanol–water partition coefficient (Wildman–Crippen LogP) is 4.21. The van der Waals surface area contributed by atoms with Crippen LogP contribution in [0.15, 0.2) is 60.9 Å². The second-order valence-corrected chi connectivity index (χ2v) is 8.16. The molecule has 0 aliphatic rings. The number of carbonyl (C=O) groups excluding carboxylic acids is 1. The van der Waals surface area contributed by atoms with Gasteiger partial charge in [-0.2, -0.15) is 0 Å². The molecule has 37 heavy (non-hydrogen) atoms. The van der Waals surface area contributed by atoms with E-state index in [1.165, 1.54) is 0 Å². The number of carboxylic acids is 1. The highest BCUT2D eigenvalue weighted by molar-refractivity contribution is 6.01. The van der Waals surface area contributed by atoms with E-state index in [0.717, 1.165) is 17.7 Å². The molecule has 4 rings (SSSR count). The van der Waals surface area contributed by atoms with E-state index in [9.17, 15) is 23.5 Å². The number of carboxylic acid groups (broad SMARTS) is 1. The molecule has 1 amide bonds. The number of anilines is 1. The van der Waals surface area contributed by atoms with Crippen molar-refractivity contribution in [1.29, 1.82) is 0 Å². The number of hydrogen-bond donors (Lipinski definition) is 3. The minimum atomic E-state index is -1.48. The van der Waals surface area contributed by atoms with E-state index in [-0.39, 0.29) is 12.1 Å². The lowest BCUT2D eigenvalue weighted by atomic mass is 9.92. The summed E-state index contributed by atoms with van der Waals surface area (Å²) in [7, 11) is 3.08. The normalized spacial score (nSPS) is 11.7. The van der Waals surface area contributed by atoms with Crippen LogP contribution in [0.5, 0.6) is 11.5 Å². The largest absolute Gasteiger partial charge is 0.496 e. The standard InChI is InChI=1S/C27H23F2N3O5/c1-36-22-4-3-5-23(37-2)24(22)17-7-6-14(16-8-9-31-13-18(16)17)10-21(27(34)35)32-26(33)25-19(28)11-15(30)12-20(25)29/h3-9,11-13,21H,10,30H2,1-2H3,(H,32,33)(H,34,35)/t21-/m1/s1. The van der Waals surface area contributed by atoms with Crippen LogP contribution in [0.3, 0.4) is 0 Å². The molecule has 0 saturated carbocycles. The van der Waals surface area contributed by atoms with Crippen molar-refractivity contribution in [2.75, 3.05) is 20.0 Å². The molecule has 0 fully saturated rings. The van der Waals surface area contributed by atoms with Crippen LogP contribution >= 0.6 is 0 Å². The lowest BCUT2D eigenvalue weighted by Crippen LogP contribution is -2.43. The van der Waals surface area contributed by atoms with Gasteiger partial charge in [-0.15, -0.1) is 0 Å². The summed E-state index contributed by atoms with van der Waals surface area (Å²) in [6.07, 6.45) is 3.03. The number of benzene rings is 3. The zero-order valence-electron chi connectivity index (χ0n) is 19.9. The van der Waals surface area contributed by atoms with Crippen LogP contribution in [0, 0.1) is 11.6 Å². The molecular formula is C27H23F2N3O5. The summed E-state index contributed by atoms with van der Waals surface area (Å²) >= 11 is 0. The molecule has 4 aromatic rings. The van der Waals surface area contributed by atoms with Gasteiger partial charge in [0.2, 0.25) is 0 Å². The number of carbonyl (C=O) groups is 2. The van der Waals surface area contributed by atoms with Gasteiger partial charge in [-0.1, -0.05) is 18.2 Å². The van der Waals surface area contributed by atoms with Crippen molar-refractivity contribution in [3.63, 3.8) is 0 Å². The summed E-state index contributed by atoms with van der Waals surface area (Å²) < 4.78 is 39.5. The van der Waals surface area contributed by atoms with Gasteiger partial charge < -0.3 is 25.6 Å². The molecule has 190 valence electrons. The first-order valence-electron chi connectivity index (χ1n) is 11.1. The number of nitrogens with zero attached hydrogens (tertiary/aromatic N) is 1. The Kier molecular flexibility index (Phi) is 7.19. The number of hydrogen-bond acceptors (Lipinski definition) is 6. The lowest BCUT2D eigenvalue weighted by Gasteiger charge is -2.19. The summed E-state index contributed by atoms with van der Waals surface area (Å²) in [5.41, 5.74) is 6.29. The minimum absolute atomic E-state index is 0.164. The van der Waals surface area contributed by atoms with E-state index >= 15 is 0 Å². The molecular weight excluding hydrogens is 484 g/mol. The maximum absolute atomic E-state index is 14.2. The third-order valence-electron chi connectivity index (χ3n) is 5.92. The van der Waals surface area contributed by atoms with Crippen molar-refractivity contribution in [3.8, 4) is 22.6 Å². The van der Waals surface area contributed by atoms with Crippen LogP contribution in [-0.2, 0) is 11.2 Å². The number of nitrogens with one attached hydrogen (secondary N) is 1. The fourth-order valence-electron chi connectivity index (χ4n) is 4.23. The van der Waals surface area contributed by atoms with E-state index in [1.54, 1.807) is 63.0 Å². The maximum atomic E-state index is 14.2. The Labute approximate surface area is 210 Å². The SMILES string of the molecule is COc1cccc(OC)c1-c1ccc(C[C@@H](NC(=O)c2c(F)cc(N)cc2F)C(=O)O)c2ccncc12. The lowest BCUT2D eigenvalue weighted by molar-refractivity contribution is -0.139. The van der Waals surface area contributed by atoms with Crippen molar-refractivity contribution < 1.29 is 33.0 Å². The van der Waals surface area contributed by atoms with Gasteiger partial charge in [0.25, 0.3) is 5.91 Å². The van der Waals surface area contributed by atoms with E-state index in [2.05, 4.69) is 10.3 Å². The van der Waals surface area contributed by atoms with Gasteiger partial charge in [-0.05, 0) is 46.8 Å². The molecule has 1 heterocycles. The van der Waals surface area contributed by atoms with Gasteiger partial charge in [0.1, 0.15) is 34.7 Å². The van der Waals surface area contributed by atoms with Crippen LogP contribution in [0.2, 0.25) is 0 Å². The Hall–Kier alpha value is -4.73. The van der Waals surface area contributed by atoms with E-state index < -0.39 is 35.1 Å². The monoisotopic (exact) mass is 507 g/mol. The zero-order chi connectivity index (χ0) is 26.7. The Balaban J connectivity index is 1.74. The van der Waals surface area contributed by atoms with Crippen molar-refractivity contribution in [2.45, 2.75) is 12.5 Å². The molecule has 0 aliphatic heterocycles. The Bertz CT molecular complexity index is 1460. The minimum Gasteiger partial charge on any atom is -0.496 e. The summed E-state index contributed by atoms with van der Waals surface area (Å²) in [4.78, 5) is 28.9. The third kappa shape index (κ3) is 4.99. The first kappa shape index (κ1) is 25.4. The van der Waals surface area contributed by atoms with Gasteiger partial charge in [0, 0.05) is 29.9 Å². The molecule has 0 spiro atoms. The number of pyridine rings is 1. The molecule has 8 nitrogen and oxygen atoms in total. The van der Waals surface area contributed by atoms with E-state index in [1.807, 2.05) is 0 Å². The second-order valence-electron chi connectivity index (χ2n) is 8.16. The molecule has 0 bridgehead atoms. The molecule has 1 atom stereocenters. The topological polar surface area (TPSA) is 124 Å². The molecule has 1 aromatic heterocycles. The molecule has 0 aliphatic carbocycles. The highest BCUT2D eigenvalue weighted by atomic mass is 19.1. The number of aliphatic carboxylic acids is 1. The van der Waals surface area contributed by atoms with Crippen LogP contribution in [0.25, 0.3) is 21.9 Å². The number of amides is 1. The van der Waals surface area contributed by atoms with Crippen LogP contribution in [0.1, 0.15) is 15.9 Å². The summed E-state index contributed by atoms with van der Waals surface area (Å²) in [5.74, 6) is -3.82. The van der Waals surface area contributed by atoms with Crippen LogP contribution in [-0.4, -0.2) is 42.2 Å². The predicted molar refractivity (Wildman–Crippen MR) is 134 cm³/mol. The number of halogens is 2. The quantitative estimate of drug-likeness (QED) is 0.305. The highest BCUT2D eigenvalue weighted by Gasteiger charge is 2.26. The fourth-order valence-corrected chi connectivity index (χ4v) is 4.23. The zero-order valence-corrected chi connectivity index (χ0v) is 19.9. The smallest absolute Gasteiger partial charge is 0.326 e. The Morgan fingerprint density at radius 2 is 1.68 bits per heavy atom. The summed E-state index contributed by atoms with van der Waals surface area (Å²) in [6, 6.07) is 10.7. The van der Waals surface area contributed by atoms with Crippen molar-refractivity contribution >= 4 is 28.3 Å².